The van der Waals surface area contributed by atoms with Crippen molar-refractivity contribution >= 4 is 33.8 Å². The number of aromatic amines is 1. The van der Waals surface area contributed by atoms with Gasteiger partial charge >= 0.3 is 6.03 Å². The van der Waals surface area contributed by atoms with Gasteiger partial charge in [-0.3, -0.25) is 14.4 Å². The fourth-order valence-corrected chi connectivity index (χ4v) is 6.84. The fourth-order valence-electron chi connectivity index (χ4n) is 6.42. The molecule has 1 aromatic heterocycles. The van der Waals surface area contributed by atoms with Crippen molar-refractivity contribution in [1.82, 2.24) is 40.4 Å². The van der Waals surface area contributed by atoms with Crippen LogP contribution >= 0.6 is 0 Å². The van der Waals surface area contributed by atoms with E-state index in [1.807, 2.05) is 34.6 Å². The Morgan fingerprint density at radius 3 is 2.22 bits per heavy atom. The van der Waals surface area contributed by atoms with Gasteiger partial charge in [-0.15, -0.1) is 0 Å². The third-order valence-corrected chi connectivity index (χ3v) is 11.1. The number of rotatable bonds is 14. The molecule has 3 rings (SSSR count). The van der Waals surface area contributed by atoms with Crippen LogP contribution in [0.2, 0.25) is 0 Å². The smallest absolute Gasteiger partial charge is 0.315 e. The number of sulfonamides is 1. The number of nitrogens with zero attached hydrogens (tertiary/aromatic N) is 3. The summed E-state index contributed by atoms with van der Waals surface area (Å²) in [7, 11) is -2.12. The summed E-state index contributed by atoms with van der Waals surface area (Å²) in [4.78, 5) is 62.7. The number of piperidine rings is 1. The summed E-state index contributed by atoms with van der Waals surface area (Å²) in [5.41, 5.74) is -0.951. The molecule has 14 nitrogen and oxygen atoms in total. The van der Waals surface area contributed by atoms with E-state index in [-0.39, 0.29) is 36.9 Å². The second kappa shape index (κ2) is 14.9. The fraction of sp³-hybridized carbons (Fsp3) is 0.781. The van der Waals surface area contributed by atoms with Crippen molar-refractivity contribution in [1.29, 1.82) is 0 Å². The van der Waals surface area contributed by atoms with Gasteiger partial charge in [-0.25, -0.2) is 31.3 Å². The molecule has 1 aromatic rings. The second-order valence-electron chi connectivity index (χ2n) is 16.1. The van der Waals surface area contributed by atoms with Crippen molar-refractivity contribution in [2.45, 2.75) is 98.8 Å². The van der Waals surface area contributed by atoms with Crippen molar-refractivity contribution in [3.8, 4) is 0 Å². The minimum atomic E-state index is -3.53. The number of amides is 5. The monoisotopic (exact) mass is 716 g/mol. The third kappa shape index (κ3) is 10.1. The van der Waals surface area contributed by atoms with E-state index >= 15 is 0 Å². The van der Waals surface area contributed by atoms with Crippen molar-refractivity contribution in [3.63, 3.8) is 0 Å². The number of urea groups is 1. The maximum Gasteiger partial charge on any atom is 0.315 e. The lowest BCUT2D eigenvalue weighted by Crippen LogP contribution is -2.62. The van der Waals surface area contributed by atoms with Gasteiger partial charge in [-0.1, -0.05) is 55.4 Å². The molecular weight excluding hydrogens is 662 g/mol. The Bertz CT molecular complexity index is 1460. The topological polar surface area (TPSA) is 186 Å². The molecule has 0 unspecified atom stereocenters. The summed E-state index contributed by atoms with van der Waals surface area (Å²) in [5.74, 6) is -2.33. The zero-order valence-corrected chi connectivity index (χ0v) is 31.0. The first-order chi connectivity index (χ1) is 22.4. The Hall–Kier alpha value is -3.34. The minimum absolute atomic E-state index is 0.00672. The Labute approximate surface area is 288 Å². The Kier molecular flexibility index (Phi) is 12.2. The third-order valence-electron chi connectivity index (χ3n) is 9.80. The number of carbonyl (C=O) groups is 4. The van der Waals surface area contributed by atoms with Gasteiger partial charge in [0.05, 0.1) is 12.6 Å². The van der Waals surface area contributed by atoms with E-state index in [0.29, 0.717) is 6.42 Å². The van der Waals surface area contributed by atoms with Crippen LogP contribution in [0.4, 0.5) is 13.6 Å². The van der Waals surface area contributed by atoms with E-state index in [0.717, 1.165) is 16.3 Å². The number of likely N-dealkylation sites (N-methyl/N-ethyl adjacent to an activating group) is 1. The van der Waals surface area contributed by atoms with E-state index in [9.17, 15) is 36.4 Å². The highest BCUT2D eigenvalue weighted by Gasteiger charge is 2.70. The number of hydrogen-bond donors (Lipinski definition) is 5. The van der Waals surface area contributed by atoms with Crippen molar-refractivity contribution in [3.05, 3.63) is 18.2 Å². The Morgan fingerprint density at radius 1 is 1.08 bits per heavy atom. The first-order valence-electron chi connectivity index (χ1n) is 16.5. The summed E-state index contributed by atoms with van der Waals surface area (Å²) >= 11 is 0. The van der Waals surface area contributed by atoms with Gasteiger partial charge in [0.2, 0.25) is 34.2 Å². The lowest BCUT2D eigenvalue weighted by Gasteiger charge is -2.39. The number of H-pyrrole nitrogens is 1. The number of nitrogens with one attached hydrogen (secondary N) is 5. The normalized spacial score (nSPS) is 22.2. The van der Waals surface area contributed by atoms with Crippen LogP contribution in [0.3, 0.4) is 0 Å². The van der Waals surface area contributed by atoms with Crippen molar-refractivity contribution in [2.24, 2.45) is 28.1 Å². The standard InChI is InChI=1S/C32H54F2N8O6S/c1-30(2,3)21(16-41(9)49(10,47)48)39-29(46)40-25(31(4,5)6)28(45)42-15-19-23(32(19,7)8)24(42)27(44)38-20(13-22(33)34)26(43)36-12-11-18-14-35-17-37-18/h14,17,19-25H,11-13,15-16H2,1-10H3,(H,35,37)(H,36,43)(H,38,44)(H2,39,40,46)/t19-,20-,21+,23-,24-,25+/m0/s1. The van der Waals surface area contributed by atoms with Crippen LogP contribution in [0.15, 0.2) is 12.5 Å². The number of hydrogen-bond acceptors (Lipinski definition) is 7. The molecule has 2 heterocycles. The van der Waals surface area contributed by atoms with E-state index in [2.05, 4.69) is 31.2 Å². The lowest BCUT2D eigenvalue weighted by molar-refractivity contribution is -0.144. The lowest BCUT2D eigenvalue weighted by atomic mass is 9.85. The van der Waals surface area contributed by atoms with Gasteiger partial charge < -0.3 is 31.2 Å². The zero-order valence-electron chi connectivity index (χ0n) is 30.2. The summed E-state index contributed by atoms with van der Waals surface area (Å²) in [6, 6.07) is -5.01. The predicted molar refractivity (Wildman–Crippen MR) is 180 cm³/mol. The average Bonchev–Trinajstić information content (AvgIpc) is 3.37. The number of halogens is 2. The second-order valence-corrected chi connectivity index (χ2v) is 18.2. The number of alkyl halides is 2. The number of likely N-dealkylation sites (tertiary alicyclic amines) is 1. The maximum absolute atomic E-state index is 14.3. The largest absolute Gasteiger partial charge is 0.354 e. The van der Waals surface area contributed by atoms with E-state index in [1.165, 1.54) is 18.3 Å². The molecule has 17 heteroatoms. The molecule has 5 amide bonds. The average molecular weight is 717 g/mol. The van der Waals surface area contributed by atoms with Crippen LogP contribution < -0.4 is 21.3 Å². The molecule has 1 saturated heterocycles. The van der Waals surface area contributed by atoms with Gasteiger partial charge in [0.15, 0.2) is 0 Å². The van der Waals surface area contributed by atoms with Gasteiger partial charge in [0, 0.05) is 57.5 Å². The van der Waals surface area contributed by atoms with Gasteiger partial charge in [0.1, 0.15) is 18.1 Å². The molecule has 1 aliphatic heterocycles. The molecule has 0 aromatic carbocycles. The molecule has 49 heavy (non-hydrogen) atoms. The molecule has 1 aliphatic carbocycles. The highest BCUT2D eigenvalue weighted by Crippen LogP contribution is 2.65. The number of imidazole rings is 1. The Balaban J connectivity index is 1.80. The SMILES string of the molecule is CN(C[C@@H](NC(=O)N[C@H](C(=O)N1C[C@H]2[C@@H]([C@H]1C(=O)N[C@@H](CC(F)F)C(=O)NCCc1cnc[nH]1)C2(C)C)C(C)(C)C)C(C)(C)C)S(C)(=O)=O. The maximum atomic E-state index is 14.3. The zero-order chi connectivity index (χ0) is 37.3. The van der Waals surface area contributed by atoms with Crippen LogP contribution in [0.25, 0.3) is 0 Å². The van der Waals surface area contributed by atoms with Gasteiger partial charge in [-0.2, -0.15) is 0 Å². The number of aromatic nitrogens is 2. The van der Waals surface area contributed by atoms with Crippen molar-refractivity contribution < 1.29 is 36.4 Å². The molecule has 2 aliphatic rings. The van der Waals surface area contributed by atoms with Crippen LogP contribution in [0.5, 0.6) is 0 Å². The highest BCUT2D eigenvalue weighted by atomic mass is 32.2. The molecule has 0 bridgehead atoms. The first-order valence-corrected chi connectivity index (χ1v) is 18.3. The molecule has 0 radical (unpaired) electrons. The van der Waals surface area contributed by atoms with E-state index < -0.39 is 81.6 Å². The number of fused-ring (bicyclic) bond motifs is 1. The summed E-state index contributed by atoms with van der Waals surface area (Å²) in [5, 5.41) is 10.7. The molecule has 0 spiro atoms. The van der Waals surface area contributed by atoms with E-state index in [4.69, 9.17) is 0 Å². The summed E-state index contributed by atoms with van der Waals surface area (Å²) < 4.78 is 52.5. The highest BCUT2D eigenvalue weighted by molar-refractivity contribution is 7.88. The molecule has 6 atom stereocenters. The van der Waals surface area contributed by atoms with Crippen molar-refractivity contribution in [2.75, 3.05) is 32.9 Å². The molecule has 1 saturated carbocycles. The Morgan fingerprint density at radius 2 is 1.71 bits per heavy atom. The number of carbonyl (C=O) groups excluding carboxylic acids is 4. The summed E-state index contributed by atoms with van der Waals surface area (Å²) in [6.45, 7) is 15.1. The van der Waals surface area contributed by atoms with Crippen LogP contribution in [-0.4, -0.2) is 115 Å². The van der Waals surface area contributed by atoms with Gasteiger partial charge in [0.25, 0.3) is 0 Å². The van der Waals surface area contributed by atoms with Crippen LogP contribution in [-0.2, 0) is 30.8 Å². The quantitative estimate of drug-likeness (QED) is 0.194. The summed E-state index contributed by atoms with van der Waals surface area (Å²) in [6.07, 6.45) is 0.721. The molecule has 2 fully saturated rings. The van der Waals surface area contributed by atoms with Crippen LogP contribution in [0.1, 0.15) is 67.5 Å². The van der Waals surface area contributed by atoms with E-state index in [1.54, 1.807) is 27.0 Å². The molecule has 278 valence electrons. The van der Waals surface area contributed by atoms with Crippen LogP contribution in [0, 0.1) is 28.1 Å². The molecule has 5 N–H and O–H groups in total. The van der Waals surface area contributed by atoms with Gasteiger partial charge in [-0.05, 0) is 28.1 Å². The first kappa shape index (κ1) is 40.1. The predicted octanol–water partition coefficient (Wildman–Crippen LogP) is 1.71. The minimum Gasteiger partial charge on any atom is -0.354 e. The molecular formula is C32H54F2N8O6S.